The zero-order valence-electron chi connectivity index (χ0n) is 33.3. The first-order valence-electron chi connectivity index (χ1n) is 19.6. The first-order chi connectivity index (χ1) is 27.8. The van der Waals surface area contributed by atoms with Crippen molar-refractivity contribution in [1.82, 2.24) is 40.4 Å². The summed E-state index contributed by atoms with van der Waals surface area (Å²) in [5, 5.41) is 5.29. The standard InChI is InChI=1S/C42H48F2N8O6/c1-21(2)35(49-41(55)57-5)39(53)51-15-7-9-33(51)37-45-29-17-25(27(43)19-31(29)47-37)23-11-13-24(14-12-23)26-18-30-32(20-28(26)44)48-38(46-30)34-10-8-16-52(34)40(54)36(22(3)4)50-42(56)58-6/h11-14,17-22,33-36H,7-10,15-16H2,1-6H3,(H,45,47)(H,46,48)(H,49,55)(H,50,56). The van der Waals surface area contributed by atoms with Crippen LogP contribution < -0.4 is 10.6 Å². The molecule has 0 spiro atoms. The predicted molar refractivity (Wildman–Crippen MR) is 212 cm³/mol. The Bertz CT molecular complexity index is 2200. The molecule has 3 aromatic carbocycles. The molecule has 2 aliphatic rings. The lowest BCUT2D eigenvalue weighted by Crippen LogP contribution is -2.51. The number of ether oxygens (including phenoxy) is 2. The number of H-pyrrole nitrogens is 2. The number of amides is 4. The van der Waals surface area contributed by atoms with Gasteiger partial charge in [-0.05, 0) is 60.8 Å². The highest BCUT2D eigenvalue weighted by Crippen LogP contribution is 2.37. The number of carbonyl (C=O) groups excluding carboxylic acids is 4. The quantitative estimate of drug-likeness (QED) is 0.115. The Hall–Kier alpha value is -6.06. The molecule has 14 nitrogen and oxygen atoms in total. The summed E-state index contributed by atoms with van der Waals surface area (Å²) in [6, 6.07) is 10.6. The van der Waals surface area contributed by atoms with E-state index < -0.39 is 35.9 Å². The second-order valence-corrected chi connectivity index (χ2v) is 15.6. The molecule has 4 atom stereocenters. The van der Waals surface area contributed by atoms with Crippen molar-refractivity contribution in [2.45, 2.75) is 77.5 Å². The number of fused-ring (bicyclic) bond motifs is 2. The molecule has 5 aromatic rings. The first-order valence-corrected chi connectivity index (χ1v) is 19.6. The number of hydrogen-bond acceptors (Lipinski definition) is 8. The van der Waals surface area contributed by atoms with Crippen LogP contribution in [0.4, 0.5) is 18.4 Å². The number of nitrogens with zero attached hydrogens (tertiary/aromatic N) is 4. The Morgan fingerprint density at radius 3 is 1.40 bits per heavy atom. The summed E-state index contributed by atoms with van der Waals surface area (Å²) in [6.45, 7) is 8.37. The minimum Gasteiger partial charge on any atom is -0.453 e. The predicted octanol–water partition coefficient (Wildman–Crippen LogP) is 7.14. The topological polar surface area (TPSA) is 175 Å². The van der Waals surface area contributed by atoms with Gasteiger partial charge in [0, 0.05) is 36.3 Å². The molecular weight excluding hydrogens is 751 g/mol. The van der Waals surface area contributed by atoms with Gasteiger partial charge < -0.3 is 39.9 Å². The van der Waals surface area contributed by atoms with E-state index in [4.69, 9.17) is 19.4 Å². The maximum absolute atomic E-state index is 15.7. The second-order valence-electron chi connectivity index (χ2n) is 15.6. The molecule has 7 rings (SSSR count). The highest BCUT2D eigenvalue weighted by Gasteiger charge is 2.39. The van der Waals surface area contributed by atoms with Gasteiger partial charge in [0.25, 0.3) is 0 Å². The van der Waals surface area contributed by atoms with Crippen LogP contribution >= 0.6 is 0 Å². The van der Waals surface area contributed by atoms with Crippen LogP contribution in [-0.2, 0) is 19.1 Å². The molecule has 4 heterocycles. The Kier molecular flexibility index (Phi) is 11.4. The van der Waals surface area contributed by atoms with Crippen molar-refractivity contribution in [1.29, 1.82) is 0 Å². The number of methoxy groups -OCH3 is 2. The zero-order valence-corrected chi connectivity index (χ0v) is 33.3. The summed E-state index contributed by atoms with van der Waals surface area (Å²) in [5.74, 6) is -0.735. The van der Waals surface area contributed by atoms with Gasteiger partial charge in [-0.25, -0.2) is 28.3 Å². The molecular formula is C42H48F2N8O6. The smallest absolute Gasteiger partial charge is 0.407 e. The normalized spacial score (nSPS) is 18.0. The Morgan fingerprint density at radius 2 is 1.05 bits per heavy atom. The number of rotatable bonds is 10. The van der Waals surface area contributed by atoms with Crippen LogP contribution in [-0.4, -0.2) is 93.1 Å². The number of alkyl carbamates (subject to hydrolysis) is 2. The van der Waals surface area contributed by atoms with Gasteiger partial charge in [-0.3, -0.25) is 9.59 Å². The molecule has 0 saturated carbocycles. The van der Waals surface area contributed by atoms with E-state index in [9.17, 15) is 19.2 Å². The van der Waals surface area contributed by atoms with Crippen LogP contribution in [0.3, 0.4) is 0 Å². The summed E-state index contributed by atoms with van der Waals surface area (Å²) in [6.07, 6.45) is 1.43. The zero-order chi connectivity index (χ0) is 41.4. The van der Waals surface area contributed by atoms with Gasteiger partial charge in [-0.1, -0.05) is 52.0 Å². The molecule has 2 fully saturated rings. The van der Waals surface area contributed by atoms with E-state index >= 15 is 8.78 Å². The summed E-state index contributed by atoms with van der Waals surface area (Å²) in [7, 11) is 2.50. The molecule has 2 aliphatic heterocycles. The number of likely N-dealkylation sites (tertiary alicyclic amines) is 2. The molecule has 2 aromatic heterocycles. The fourth-order valence-electron chi connectivity index (χ4n) is 8.07. The van der Waals surface area contributed by atoms with Gasteiger partial charge in [0.1, 0.15) is 35.4 Å². The number of aromatic nitrogens is 4. The van der Waals surface area contributed by atoms with E-state index in [0.717, 1.165) is 12.8 Å². The number of aromatic amines is 2. The van der Waals surface area contributed by atoms with Gasteiger partial charge in [-0.2, -0.15) is 0 Å². The maximum Gasteiger partial charge on any atom is 0.407 e. The minimum absolute atomic E-state index is 0.182. The lowest BCUT2D eigenvalue weighted by molar-refractivity contribution is -0.136. The first kappa shape index (κ1) is 40.1. The van der Waals surface area contributed by atoms with E-state index in [2.05, 4.69) is 20.6 Å². The van der Waals surface area contributed by atoms with Crippen LogP contribution in [0.15, 0.2) is 48.5 Å². The highest BCUT2D eigenvalue weighted by atomic mass is 19.1. The summed E-state index contributed by atoms with van der Waals surface area (Å²) in [4.78, 5) is 70.6. The third kappa shape index (κ3) is 7.79. The third-order valence-corrected chi connectivity index (χ3v) is 11.2. The lowest BCUT2D eigenvalue weighted by atomic mass is 9.99. The van der Waals surface area contributed by atoms with Gasteiger partial charge >= 0.3 is 12.2 Å². The molecule has 4 N–H and O–H groups in total. The molecule has 16 heteroatoms. The SMILES string of the molecule is COC(=O)NC(C(=O)N1CCCC1c1nc2cc(-c3ccc(-c4cc5nc(C6CCCN6C(=O)C(NC(=O)OC)C(C)C)[nH]c5cc4F)cc3)c(F)cc2[nH]1)C(C)C. The van der Waals surface area contributed by atoms with Gasteiger partial charge in [0.2, 0.25) is 11.8 Å². The Morgan fingerprint density at radius 1 is 0.672 bits per heavy atom. The second kappa shape index (κ2) is 16.4. The van der Waals surface area contributed by atoms with Crippen LogP contribution in [0, 0.1) is 23.5 Å². The summed E-state index contributed by atoms with van der Waals surface area (Å²) in [5.41, 5.74) is 3.76. The number of carbonyl (C=O) groups is 4. The van der Waals surface area contributed by atoms with Crippen LogP contribution in [0.5, 0.6) is 0 Å². The van der Waals surface area contributed by atoms with Gasteiger partial charge in [0.15, 0.2) is 0 Å². The van der Waals surface area contributed by atoms with E-state index in [1.165, 1.54) is 26.4 Å². The minimum atomic E-state index is -0.779. The monoisotopic (exact) mass is 798 g/mol. The number of hydrogen-bond donors (Lipinski definition) is 4. The van der Waals surface area contributed by atoms with Crippen molar-refractivity contribution in [2.75, 3.05) is 27.3 Å². The van der Waals surface area contributed by atoms with Crippen LogP contribution in [0.1, 0.15) is 77.1 Å². The van der Waals surface area contributed by atoms with Crippen molar-refractivity contribution in [3.05, 3.63) is 71.8 Å². The van der Waals surface area contributed by atoms with Crippen molar-refractivity contribution in [3.8, 4) is 22.3 Å². The molecule has 2 saturated heterocycles. The van der Waals surface area contributed by atoms with E-state index in [1.807, 2.05) is 27.7 Å². The van der Waals surface area contributed by atoms with E-state index in [0.29, 0.717) is 81.9 Å². The fourth-order valence-corrected chi connectivity index (χ4v) is 8.07. The van der Waals surface area contributed by atoms with Crippen molar-refractivity contribution >= 4 is 46.1 Å². The molecule has 58 heavy (non-hydrogen) atoms. The number of halogens is 2. The highest BCUT2D eigenvalue weighted by molar-refractivity contribution is 5.89. The van der Waals surface area contributed by atoms with Crippen molar-refractivity contribution in [3.63, 3.8) is 0 Å². The maximum atomic E-state index is 15.7. The van der Waals surface area contributed by atoms with Crippen molar-refractivity contribution < 1.29 is 37.4 Å². The van der Waals surface area contributed by atoms with Crippen LogP contribution in [0.25, 0.3) is 44.3 Å². The average molecular weight is 799 g/mol. The van der Waals surface area contributed by atoms with Gasteiger partial charge in [0.05, 0.1) is 48.4 Å². The van der Waals surface area contributed by atoms with Gasteiger partial charge in [-0.15, -0.1) is 0 Å². The molecule has 306 valence electrons. The number of benzene rings is 3. The van der Waals surface area contributed by atoms with E-state index in [-0.39, 0.29) is 35.7 Å². The fraction of sp³-hybridized carbons (Fsp3) is 0.429. The third-order valence-electron chi connectivity index (χ3n) is 11.2. The number of nitrogens with one attached hydrogen (secondary N) is 4. The largest absolute Gasteiger partial charge is 0.453 e. The lowest BCUT2D eigenvalue weighted by Gasteiger charge is -2.29. The molecule has 0 aliphatic carbocycles. The number of imidazole rings is 2. The van der Waals surface area contributed by atoms with Crippen LogP contribution in [0.2, 0.25) is 0 Å². The molecule has 4 unspecified atom stereocenters. The Labute approximate surface area is 334 Å². The van der Waals surface area contributed by atoms with E-state index in [1.54, 1.807) is 46.2 Å². The molecule has 0 radical (unpaired) electrons. The van der Waals surface area contributed by atoms with Crippen molar-refractivity contribution in [2.24, 2.45) is 11.8 Å². The summed E-state index contributed by atoms with van der Waals surface area (Å²) >= 11 is 0. The molecule has 0 bridgehead atoms. The average Bonchev–Trinajstić information content (AvgIpc) is 4.03. The summed E-state index contributed by atoms with van der Waals surface area (Å²) < 4.78 is 40.8. The molecule has 4 amide bonds. The Balaban J connectivity index is 1.11.